The fourth-order valence-electron chi connectivity index (χ4n) is 4.16. The van der Waals surface area contributed by atoms with Crippen molar-refractivity contribution in [3.8, 4) is 5.75 Å². The van der Waals surface area contributed by atoms with Gasteiger partial charge < -0.3 is 19.7 Å². The van der Waals surface area contributed by atoms with Gasteiger partial charge in [0.05, 0.1) is 13.7 Å². The van der Waals surface area contributed by atoms with Gasteiger partial charge in [0.1, 0.15) is 17.5 Å². The van der Waals surface area contributed by atoms with Gasteiger partial charge in [-0.1, -0.05) is 19.9 Å². The van der Waals surface area contributed by atoms with Crippen LogP contribution in [-0.4, -0.2) is 72.6 Å². The van der Waals surface area contributed by atoms with Gasteiger partial charge in [-0.25, -0.2) is 0 Å². The number of benzene rings is 1. The predicted octanol–water partition coefficient (Wildman–Crippen LogP) is 1.79. The average Bonchev–Trinajstić information content (AvgIpc) is 3.15. The largest absolute Gasteiger partial charge is 0.497 e. The second kappa shape index (κ2) is 9.47. The molecule has 0 radical (unpaired) electrons. The highest BCUT2D eigenvalue weighted by Gasteiger charge is 2.54. The number of amides is 3. The molecular formula is C22H31N3O5. The van der Waals surface area contributed by atoms with E-state index in [1.54, 1.807) is 41.2 Å². The summed E-state index contributed by atoms with van der Waals surface area (Å²) in [5.74, 6) is 0.187. The van der Waals surface area contributed by atoms with Crippen molar-refractivity contribution in [3.63, 3.8) is 0 Å². The SMILES string of the molecule is CCCNC(=O)[C@@H]1COC2(CCN(C(=O)CC)CC2)N1C(=O)c1cccc(OC)c1. The van der Waals surface area contributed by atoms with Gasteiger partial charge in [-0.05, 0) is 24.6 Å². The van der Waals surface area contributed by atoms with E-state index in [-0.39, 0.29) is 24.3 Å². The molecule has 2 aliphatic heterocycles. The van der Waals surface area contributed by atoms with Gasteiger partial charge in [-0.3, -0.25) is 19.3 Å². The Balaban J connectivity index is 1.89. The number of likely N-dealkylation sites (tertiary alicyclic amines) is 1. The summed E-state index contributed by atoms with van der Waals surface area (Å²) in [4.78, 5) is 41.9. The third kappa shape index (κ3) is 4.28. The van der Waals surface area contributed by atoms with Crippen LogP contribution in [0.5, 0.6) is 5.75 Å². The molecule has 1 spiro atoms. The zero-order valence-electron chi connectivity index (χ0n) is 18.0. The first-order valence-corrected chi connectivity index (χ1v) is 10.6. The van der Waals surface area contributed by atoms with Crippen LogP contribution < -0.4 is 10.1 Å². The number of methoxy groups -OCH3 is 1. The number of nitrogens with one attached hydrogen (secondary N) is 1. The van der Waals surface area contributed by atoms with E-state index in [9.17, 15) is 14.4 Å². The van der Waals surface area contributed by atoms with Gasteiger partial charge in [0.2, 0.25) is 11.8 Å². The van der Waals surface area contributed by atoms with Gasteiger partial charge in [-0.2, -0.15) is 0 Å². The Bertz CT molecular complexity index is 789. The number of nitrogens with zero attached hydrogens (tertiary/aromatic N) is 2. The first kappa shape index (κ1) is 22.1. The van der Waals surface area contributed by atoms with Crippen LogP contribution in [0.3, 0.4) is 0 Å². The minimum atomic E-state index is -0.890. The molecule has 1 atom stereocenters. The van der Waals surface area contributed by atoms with E-state index >= 15 is 0 Å². The summed E-state index contributed by atoms with van der Waals surface area (Å²) >= 11 is 0. The van der Waals surface area contributed by atoms with Crippen LogP contribution in [0, 0.1) is 0 Å². The molecule has 2 fully saturated rings. The lowest BCUT2D eigenvalue weighted by molar-refractivity contribution is -0.143. The van der Waals surface area contributed by atoms with Gasteiger partial charge in [0, 0.05) is 44.5 Å². The number of hydrogen-bond acceptors (Lipinski definition) is 5. The fraction of sp³-hybridized carbons (Fsp3) is 0.591. The Kier molecular flexibility index (Phi) is 6.97. The molecular weight excluding hydrogens is 386 g/mol. The molecule has 8 heteroatoms. The van der Waals surface area contributed by atoms with Crippen LogP contribution in [0.15, 0.2) is 24.3 Å². The first-order chi connectivity index (χ1) is 14.5. The Labute approximate surface area is 177 Å². The molecule has 3 rings (SSSR count). The minimum absolute atomic E-state index is 0.0887. The molecule has 0 saturated carbocycles. The van der Waals surface area contributed by atoms with Crippen molar-refractivity contribution in [2.45, 2.75) is 51.3 Å². The Morgan fingerprint density at radius 2 is 1.97 bits per heavy atom. The van der Waals surface area contributed by atoms with E-state index in [1.807, 2.05) is 13.8 Å². The molecule has 0 unspecified atom stereocenters. The third-order valence-corrected chi connectivity index (χ3v) is 5.85. The van der Waals surface area contributed by atoms with Gasteiger partial charge in [0.15, 0.2) is 0 Å². The number of carbonyl (C=O) groups excluding carboxylic acids is 3. The molecule has 0 bridgehead atoms. The van der Waals surface area contributed by atoms with Crippen LogP contribution in [0.1, 0.15) is 49.9 Å². The summed E-state index contributed by atoms with van der Waals surface area (Å²) in [6, 6.07) is 6.21. The van der Waals surface area contributed by atoms with Crippen molar-refractivity contribution in [2.24, 2.45) is 0 Å². The summed E-state index contributed by atoms with van der Waals surface area (Å²) in [5.41, 5.74) is -0.446. The zero-order chi connectivity index (χ0) is 21.7. The lowest BCUT2D eigenvalue weighted by atomic mass is 9.96. The standard InChI is InChI=1S/C22H31N3O5/c1-4-11-23-20(27)18-15-30-22(9-12-24(13-10-22)19(26)5-2)25(18)21(28)16-7-6-8-17(14-16)29-3/h6-8,14,18H,4-5,9-13,15H2,1-3H3,(H,23,27)/t18-/m0/s1. The number of rotatable bonds is 6. The van der Waals surface area contributed by atoms with E-state index in [1.165, 1.54) is 0 Å². The van der Waals surface area contributed by atoms with E-state index in [4.69, 9.17) is 9.47 Å². The normalized spacial score (nSPS) is 20.3. The fourth-order valence-corrected chi connectivity index (χ4v) is 4.16. The highest BCUT2D eigenvalue weighted by molar-refractivity contribution is 5.98. The Hall–Kier alpha value is -2.61. The van der Waals surface area contributed by atoms with E-state index in [0.29, 0.717) is 50.2 Å². The maximum absolute atomic E-state index is 13.6. The summed E-state index contributed by atoms with van der Waals surface area (Å²) in [6.07, 6.45) is 2.21. The smallest absolute Gasteiger partial charge is 0.257 e. The van der Waals surface area contributed by atoms with Crippen molar-refractivity contribution in [1.82, 2.24) is 15.1 Å². The van der Waals surface area contributed by atoms with Gasteiger partial charge in [-0.15, -0.1) is 0 Å². The maximum Gasteiger partial charge on any atom is 0.257 e. The summed E-state index contributed by atoms with van der Waals surface area (Å²) in [7, 11) is 1.55. The van der Waals surface area contributed by atoms with Crippen molar-refractivity contribution in [1.29, 1.82) is 0 Å². The number of carbonyl (C=O) groups is 3. The summed E-state index contributed by atoms with van der Waals surface area (Å²) in [5, 5.41) is 2.89. The van der Waals surface area contributed by atoms with E-state index in [2.05, 4.69) is 5.32 Å². The van der Waals surface area contributed by atoms with Gasteiger partial charge in [0.25, 0.3) is 5.91 Å². The maximum atomic E-state index is 13.6. The molecule has 1 aromatic carbocycles. The zero-order valence-corrected chi connectivity index (χ0v) is 18.0. The van der Waals surface area contributed by atoms with Crippen molar-refractivity contribution < 1.29 is 23.9 Å². The summed E-state index contributed by atoms with van der Waals surface area (Å²) < 4.78 is 11.4. The van der Waals surface area contributed by atoms with Crippen LogP contribution in [-0.2, 0) is 14.3 Å². The van der Waals surface area contributed by atoms with Crippen molar-refractivity contribution in [3.05, 3.63) is 29.8 Å². The molecule has 0 aliphatic carbocycles. The topological polar surface area (TPSA) is 88.2 Å². The second-order valence-corrected chi connectivity index (χ2v) is 7.71. The molecule has 1 aromatic rings. The Morgan fingerprint density at radius 3 is 2.60 bits per heavy atom. The van der Waals surface area contributed by atoms with Crippen LogP contribution in [0.2, 0.25) is 0 Å². The lowest BCUT2D eigenvalue weighted by Gasteiger charge is -2.44. The monoisotopic (exact) mass is 417 g/mol. The molecule has 30 heavy (non-hydrogen) atoms. The minimum Gasteiger partial charge on any atom is -0.497 e. The van der Waals surface area contributed by atoms with Crippen molar-refractivity contribution >= 4 is 17.7 Å². The number of hydrogen-bond donors (Lipinski definition) is 1. The number of ether oxygens (including phenoxy) is 2. The van der Waals surface area contributed by atoms with Crippen molar-refractivity contribution in [2.75, 3.05) is 33.4 Å². The van der Waals surface area contributed by atoms with Crippen LogP contribution in [0.25, 0.3) is 0 Å². The molecule has 2 aliphatic rings. The molecule has 164 valence electrons. The van der Waals surface area contributed by atoms with E-state index in [0.717, 1.165) is 6.42 Å². The van der Waals surface area contributed by atoms with Crippen LogP contribution in [0.4, 0.5) is 0 Å². The summed E-state index contributed by atoms with van der Waals surface area (Å²) in [6.45, 7) is 5.50. The molecule has 0 aromatic heterocycles. The highest BCUT2D eigenvalue weighted by atomic mass is 16.5. The first-order valence-electron chi connectivity index (χ1n) is 10.6. The number of piperidine rings is 1. The molecule has 2 heterocycles. The molecule has 3 amide bonds. The van der Waals surface area contributed by atoms with Gasteiger partial charge >= 0.3 is 0 Å². The van der Waals surface area contributed by atoms with Crippen LogP contribution >= 0.6 is 0 Å². The second-order valence-electron chi connectivity index (χ2n) is 7.71. The average molecular weight is 418 g/mol. The third-order valence-electron chi connectivity index (χ3n) is 5.85. The highest BCUT2D eigenvalue weighted by Crippen LogP contribution is 2.38. The quantitative estimate of drug-likeness (QED) is 0.762. The Morgan fingerprint density at radius 1 is 1.23 bits per heavy atom. The molecule has 2 saturated heterocycles. The van der Waals surface area contributed by atoms with E-state index < -0.39 is 11.8 Å². The molecule has 1 N–H and O–H groups in total. The molecule has 8 nitrogen and oxygen atoms in total. The lowest BCUT2D eigenvalue weighted by Crippen LogP contribution is -2.59. The predicted molar refractivity (Wildman–Crippen MR) is 111 cm³/mol.